The number of aromatic nitrogens is 2. The first-order valence-electron chi connectivity index (χ1n) is 6.09. The molecule has 17 heavy (non-hydrogen) atoms. The van der Waals surface area contributed by atoms with E-state index in [9.17, 15) is 5.11 Å². The van der Waals surface area contributed by atoms with Gasteiger partial charge in [0.2, 0.25) is 5.95 Å². The molecule has 1 aromatic rings. The Labute approximate surface area is 102 Å². The van der Waals surface area contributed by atoms with Gasteiger partial charge in [-0.05, 0) is 12.8 Å². The van der Waals surface area contributed by atoms with Gasteiger partial charge in [0, 0.05) is 18.3 Å². The molecular formula is C12H22N4O. The molecule has 4 N–H and O–H groups in total. The van der Waals surface area contributed by atoms with Crippen molar-refractivity contribution in [2.75, 3.05) is 17.6 Å². The van der Waals surface area contributed by atoms with Crippen molar-refractivity contribution < 1.29 is 5.11 Å². The summed E-state index contributed by atoms with van der Waals surface area (Å²) < 4.78 is 0. The monoisotopic (exact) mass is 238 g/mol. The van der Waals surface area contributed by atoms with Crippen molar-refractivity contribution in [3.8, 4) is 0 Å². The van der Waals surface area contributed by atoms with E-state index in [2.05, 4.69) is 29.1 Å². The van der Waals surface area contributed by atoms with Crippen LogP contribution in [-0.2, 0) is 0 Å². The van der Waals surface area contributed by atoms with Crippen molar-refractivity contribution in [3.63, 3.8) is 0 Å². The molecule has 1 unspecified atom stereocenters. The number of rotatable bonds is 6. The number of aliphatic hydroxyl groups is 1. The van der Waals surface area contributed by atoms with E-state index >= 15 is 0 Å². The summed E-state index contributed by atoms with van der Waals surface area (Å²) in [5.41, 5.74) is 6.45. The Morgan fingerprint density at radius 1 is 1.41 bits per heavy atom. The summed E-state index contributed by atoms with van der Waals surface area (Å²) in [5, 5.41) is 13.1. The van der Waals surface area contributed by atoms with Gasteiger partial charge in [0.15, 0.2) is 0 Å². The number of aliphatic hydroxyl groups excluding tert-OH is 1. The Balaban J connectivity index is 2.57. The predicted octanol–water partition coefficient (Wildman–Crippen LogP) is 1.58. The molecule has 0 amide bonds. The molecular weight excluding hydrogens is 216 g/mol. The number of hydrogen-bond donors (Lipinski definition) is 3. The third kappa shape index (κ3) is 3.85. The summed E-state index contributed by atoms with van der Waals surface area (Å²) in [4.78, 5) is 8.00. The minimum absolute atomic E-state index is 0.245. The maximum Gasteiger partial charge on any atom is 0.221 e. The number of nitrogens with one attached hydrogen (secondary N) is 1. The van der Waals surface area contributed by atoms with Crippen molar-refractivity contribution in [3.05, 3.63) is 11.8 Å². The molecule has 0 aliphatic rings. The first-order valence-corrected chi connectivity index (χ1v) is 6.09. The second-order valence-electron chi connectivity index (χ2n) is 4.28. The normalized spacial score (nSPS) is 12.8. The summed E-state index contributed by atoms with van der Waals surface area (Å²) >= 11 is 0. The van der Waals surface area contributed by atoms with E-state index in [4.69, 9.17) is 5.73 Å². The average Bonchev–Trinajstić information content (AvgIpc) is 2.32. The highest BCUT2D eigenvalue weighted by Crippen LogP contribution is 2.15. The molecule has 96 valence electrons. The van der Waals surface area contributed by atoms with Crippen molar-refractivity contribution in [1.29, 1.82) is 0 Å². The van der Waals surface area contributed by atoms with Crippen LogP contribution in [0.5, 0.6) is 0 Å². The molecule has 0 aromatic carbocycles. The number of aryl methyl sites for hydroxylation is 1. The van der Waals surface area contributed by atoms with E-state index in [1.54, 1.807) is 6.20 Å². The number of nitrogen functional groups attached to an aromatic ring is 1. The second-order valence-corrected chi connectivity index (χ2v) is 4.28. The van der Waals surface area contributed by atoms with Crippen LogP contribution in [0.3, 0.4) is 0 Å². The van der Waals surface area contributed by atoms with Gasteiger partial charge in [-0.2, -0.15) is 4.98 Å². The quantitative estimate of drug-likeness (QED) is 0.700. The Morgan fingerprint density at radius 2 is 2.06 bits per heavy atom. The minimum Gasteiger partial charge on any atom is -0.391 e. The first kappa shape index (κ1) is 13.7. The average molecular weight is 238 g/mol. The Kier molecular flexibility index (Phi) is 5.15. The maximum absolute atomic E-state index is 9.99. The zero-order chi connectivity index (χ0) is 12.8. The zero-order valence-electron chi connectivity index (χ0n) is 10.8. The summed E-state index contributed by atoms with van der Waals surface area (Å²) in [7, 11) is 0. The van der Waals surface area contributed by atoms with Crippen LogP contribution in [0.25, 0.3) is 0 Å². The Morgan fingerprint density at radius 3 is 2.65 bits per heavy atom. The first-order chi connectivity index (χ1) is 8.08. The van der Waals surface area contributed by atoms with E-state index in [0.29, 0.717) is 18.3 Å². The van der Waals surface area contributed by atoms with Crippen molar-refractivity contribution >= 4 is 11.8 Å². The summed E-state index contributed by atoms with van der Waals surface area (Å²) in [6.45, 7) is 6.57. The number of hydrogen-bond acceptors (Lipinski definition) is 5. The Hall–Kier alpha value is -1.36. The molecule has 1 heterocycles. The van der Waals surface area contributed by atoms with E-state index in [1.165, 1.54) is 0 Å². The van der Waals surface area contributed by atoms with Gasteiger partial charge in [-0.1, -0.05) is 26.7 Å². The van der Waals surface area contributed by atoms with Crippen molar-refractivity contribution in [2.24, 2.45) is 5.92 Å². The smallest absolute Gasteiger partial charge is 0.221 e. The van der Waals surface area contributed by atoms with E-state index in [-0.39, 0.29) is 12.1 Å². The molecule has 0 spiro atoms. The maximum atomic E-state index is 9.99. The van der Waals surface area contributed by atoms with Crippen LogP contribution in [0.15, 0.2) is 6.20 Å². The fourth-order valence-electron chi connectivity index (χ4n) is 1.84. The van der Waals surface area contributed by atoms with Crippen LogP contribution in [0.4, 0.5) is 11.8 Å². The van der Waals surface area contributed by atoms with Gasteiger partial charge in [0.25, 0.3) is 0 Å². The Bertz CT molecular complexity index is 352. The van der Waals surface area contributed by atoms with E-state index in [0.717, 1.165) is 18.4 Å². The second kappa shape index (κ2) is 6.39. The van der Waals surface area contributed by atoms with Gasteiger partial charge in [-0.25, -0.2) is 4.98 Å². The molecule has 0 fully saturated rings. The fourth-order valence-corrected chi connectivity index (χ4v) is 1.84. The van der Waals surface area contributed by atoms with Crippen LogP contribution < -0.4 is 11.1 Å². The highest BCUT2D eigenvalue weighted by atomic mass is 16.3. The fraction of sp³-hybridized carbons (Fsp3) is 0.667. The lowest BCUT2D eigenvalue weighted by molar-refractivity contribution is 0.114. The summed E-state index contributed by atoms with van der Waals surface area (Å²) in [5.74, 6) is 1.26. The molecule has 0 radical (unpaired) electrons. The number of nitrogens with two attached hydrogens (primary N) is 1. The zero-order valence-corrected chi connectivity index (χ0v) is 10.8. The molecule has 0 aliphatic carbocycles. The van der Waals surface area contributed by atoms with Crippen molar-refractivity contribution in [1.82, 2.24) is 9.97 Å². The lowest BCUT2D eigenvalue weighted by atomic mass is 9.96. The standard InChI is InChI=1S/C12H22N4O/c1-4-9(5-2)10(17)7-14-11-8(3)6-15-12(13)16-11/h6,9-10,17H,4-5,7H2,1-3H3,(H3,13,14,15,16). The van der Waals surface area contributed by atoms with Crippen LogP contribution in [0.1, 0.15) is 32.3 Å². The van der Waals surface area contributed by atoms with Crippen LogP contribution in [0.2, 0.25) is 0 Å². The molecule has 5 heteroatoms. The van der Waals surface area contributed by atoms with Gasteiger partial charge in [-0.3, -0.25) is 0 Å². The molecule has 0 saturated carbocycles. The largest absolute Gasteiger partial charge is 0.391 e. The summed E-state index contributed by atoms with van der Waals surface area (Å²) in [6.07, 6.45) is 3.27. The molecule has 1 aromatic heterocycles. The van der Waals surface area contributed by atoms with Crippen LogP contribution in [0, 0.1) is 12.8 Å². The van der Waals surface area contributed by atoms with Crippen LogP contribution >= 0.6 is 0 Å². The summed E-state index contributed by atoms with van der Waals surface area (Å²) in [6, 6.07) is 0. The SMILES string of the molecule is CCC(CC)C(O)CNc1nc(N)ncc1C. The van der Waals surface area contributed by atoms with Gasteiger partial charge in [-0.15, -0.1) is 0 Å². The lowest BCUT2D eigenvalue weighted by Crippen LogP contribution is -2.28. The molecule has 0 aliphatic heterocycles. The molecule has 0 saturated heterocycles. The van der Waals surface area contributed by atoms with Gasteiger partial charge in [0.05, 0.1) is 6.10 Å². The van der Waals surface area contributed by atoms with Gasteiger partial charge in [0.1, 0.15) is 5.82 Å². The number of nitrogens with zero attached hydrogens (tertiary/aromatic N) is 2. The minimum atomic E-state index is -0.361. The third-order valence-electron chi connectivity index (χ3n) is 3.06. The third-order valence-corrected chi connectivity index (χ3v) is 3.06. The van der Waals surface area contributed by atoms with E-state index in [1.807, 2.05) is 6.92 Å². The van der Waals surface area contributed by atoms with E-state index < -0.39 is 0 Å². The van der Waals surface area contributed by atoms with Crippen molar-refractivity contribution in [2.45, 2.75) is 39.7 Å². The molecule has 1 atom stereocenters. The predicted molar refractivity (Wildman–Crippen MR) is 69.7 cm³/mol. The lowest BCUT2D eigenvalue weighted by Gasteiger charge is -2.21. The highest BCUT2D eigenvalue weighted by Gasteiger charge is 2.15. The van der Waals surface area contributed by atoms with Gasteiger partial charge >= 0.3 is 0 Å². The topological polar surface area (TPSA) is 84.1 Å². The highest BCUT2D eigenvalue weighted by molar-refractivity contribution is 5.45. The molecule has 0 bridgehead atoms. The molecule has 1 rings (SSSR count). The number of anilines is 2. The molecule has 5 nitrogen and oxygen atoms in total. The van der Waals surface area contributed by atoms with Gasteiger partial charge < -0.3 is 16.2 Å². The van der Waals surface area contributed by atoms with Crippen LogP contribution in [-0.4, -0.2) is 27.7 Å².